The molecular formula is C14H25P. The lowest BCUT2D eigenvalue weighted by atomic mass is 9.79. The minimum Gasteiger partial charge on any atom is -0.130 e. The molecule has 1 aliphatic rings. The predicted octanol–water partition coefficient (Wildman–Crippen LogP) is 4.43. The molecule has 1 unspecified atom stereocenters. The van der Waals surface area contributed by atoms with Crippen LogP contribution in [0.3, 0.4) is 0 Å². The largest absolute Gasteiger partial charge is 0.130 e. The van der Waals surface area contributed by atoms with Crippen molar-refractivity contribution in [3.8, 4) is 0 Å². The van der Waals surface area contributed by atoms with Crippen molar-refractivity contribution in [1.29, 1.82) is 0 Å². The van der Waals surface area contributed by atoms with Gasteiger partial charge >= 0.3 is 0 Å². The first kappa shape index (κ1) is 13.0. The zero-order chi connectivity index (χ0) is 11.5. The standard InChI is InChI=1S/C14H25P/c1-11(2)9-14(15,10-12(3)4)13-7-5-6-8-13/h5-8,11-13H,9-10,15H2,1-4H3. The van der Waals surface area contributed by atoms with Gasteiger partial charge < -0.3 is 0 Å². The topological polar surface area (TPSA) is 0 Å². The molecule has 0 aliphatic heterocycles. The van der Waals surface area contributed by atoms with E-state index in [1.165, 1.54) is 12.8 Å². The maximum atomic E-state index is 3.15. The van der Waals surface area contributed by atoms with Gasteiger partial charge in [-0.15, -0.1) is 9.24 Å². The number of hydrogen-bond acceptors (Lipinski definition) is 0. The highest BCUT2D eigenvalue weighted by Gasteiger charge is 2.33. The maximum absolute atomic E-state index is 3.15. The molecule has 1 heteroatoms. The fraction of sp³-hybridized carbons (Fsp3) is 0.714. The first-order valence-electron chi connectivity index (χ1n) is 6.08. The summed E-state index contributed by atoms with van der Waals surface area (Å²) in [6.07, 6.45) is 11.6. The molecular weight excluding hydrogens is 199 g/mol. The highest BCUT2D eigenvalue weighted by Crippen LogP contribution is 2.42. The average Bonchev–Trinajstić information content (AvgIpc) is 2.51. The Hall–Kier alpha value is -0.0900. The summed E-state index contributed by atoms with van der Waals surface area (Å²) in [7, 11) is 3.15. The van der Waals surface area contributed by atoms with Crippen molar-refractivity contribution in [2.24, 2.45) is 17.8 Å². The molecule has 0 spiro atoms. The normalized spacial score (nSPS) is 17.3. The van der Waals surface area contributed by atoms with Crippen LogP contribution in [0, 0.1) is 17.8 Å². The summed E-state index contributed by atoms with van der Waals surface area (Å²) in [4.78, 5) is 0. The molecule has 1 atom stereocenters. The Kier molecular flexibility index (Phi) is 4.59. The smallest absolute Gasteiger partial charge is 0.00439 e. The molecule has 0 nitrogen and oxygen atoms in total. The van der Waals surface area contributed by atoms with Crippen LogP contribution in [0.25, 0.3) is 0 Å². The van der Waals surface area contributed by atoms with E-state index >= 15 is 0 Å². The van der Waals surface area contributed by atoms with Crippen molar-refractivity contribution in [3.05, 3.63) is 24.3 Å². The Morgan fingerprint density at radius 3 is 1.73 bits per heavy atom. The molecule has 0 saturated heterocycles. The van der Waals surface area contributed by atoms with Gasteiger partial charge in [0.05, 0.1) is 0 Å². The van der Waals surface area contributed by atoms with Crippen molar-refractivity contribution in [3.63, 3.8) is 0 Å². The first-order chi connectivity index (χ1) is 6.94. The molecule has 15 heavy (non-hydrogen) atoms. The second-order valence-electron chi connectivity index (χ2n) is 5.72. The van der Waals surface area contributed by atoms with Crippen molar-refractivity contribution in [2.45, 2.75) is 45.7 Å². The Morgan fingerprint density at radius 2 is 1.40 bits per heavy atom. The van der Waals surface area contributed by atoms with Crippen LogP contribution in [-0.2, 0) is 0 Å². The van der Waals surface area contributed by atoms with E-state index in [1.807, 2.05) is 0 Å². The van der Waals surface area contributed by atoms with Gasteiger partial charge in [0, 0.05) is 5.92 Å². The van der Waals surface area contributed by atoms with E-state index in [2.05, 4.69) is 61.2 Å². The van der Waals surface area contributed by atoms with Gasteiger partial charge in [-0.05, 0) is 29.8 Å². The zero-order valence-electron chi connectivity index (χ0n) is 10.5. The molecule has 1 rings (SSSR count). The van der Waals surface area contributed by atoms with Crippen molar-refractivity contribution in [2.75, 3.05) is 0 Å². The summed E-state index contributed by atoms with van der Waals surface area (Å²) < 4.78 is 0. The maximum Gasteiger partial charge on any atom is 0.00439 e. The minimum atomic E-state index is 0.367. The Labute approximate surface area is 97.4 Å². The van der Waals surface area contributed by atoms with Gasteiger partial charge in [-0.1, -0.05) is 52.0 Å². The highest BCUT2D eigenvalue weighted by atomic mass is 31.0. The van der Waals surface area contributed by atoms with E-state index in [9.17, 15) is 0 Å². The third kappa shape index (κ3) is 3.76. The second kappa shape index (κ2) is 5.30. The molecule has 0 fully saturated rings. The molecule has 0 amide bonds. The fourth-order valence-corrected chi connectivity index (χ4v) is 3.86. The molecule has 0 N–H and O–H groups in total. The lowest BCUT2D eigenvalue weighted by Gasteiger charge is -2.37. The van der Waals surface area contributed by atoms with Crippen molar-refractivity contribution < 1.29 is 0 Å². The average molecular weight is 224 g/mol. The van der Waals surface area contributed by atoms with E-state index < -0.39 is 0 Å². The highest BCUT2D eigenvalue weighted by molar-refractivity contribution is 7.19. The Bertz CT molecular complexity index is 226. The zero-order valence-corrected chi connectivity index (χ0v) is 11.7. The van der Waals surface area contributed by atoms with E-state index in [0.29, 0.717) is 11.1 Å². The summed E-state index contributed by atoms with van der Waals surface area (Å²) in [5, 5.41) is 0.367. The van der Waals surface area contributed by atoms with Crippen LogP contribution < -0.4 is 0 Å². The predicted molar refractivity (Wildman–Crippen MR) is 73.1 cm³/mol. The van der Waals surface area contributed by atoms with Crippen LogP contribution in [0.5, 0.6) is 0 Å². The molecule has 0 radical (unpaired) electrons. The number of rotatable bonds is 5. The third-order valence-corrected chi connectivity index (χ3v) is 3.84. The van der Waals surface area contributed by atoms with E-state index in [-0.39, 0.29) is 0 Å². The SMILES string of the molecule is CC(C)CC(P)(CC(C)C)C1C=CC=C1. The van der Waals surface area contributed by atoms with Gasteiger partial charge in [0.25, 0.3) is 0 Å². The van der Waals surface area contributed by atoms with Gasteiger partial charge in [0.1, 0.15) is 0 Å². The molecule has 0 saturated carbocycles. The molecule has 0 heterocycles. The van der Waals surface area contributed by atoms with Crippen LogP contribution in [-0.4, -0.2) is 5.16 Å². The van der Waals surface area contributed by atoms with Crippen LogP contribution in [0.2, 0.25) is 0 Å². The van der Waals surface area contributed by atoms with Gasteiger partial charge in [0.15, 0.2) is 0 Å². The van der Waals surface area contributed by atoms with E-state index in [0.717, 1.165) is 11.8 Å². The monoisotopic (exact) mass is 224 g/mol. The number of hydrogen-bond donors (Lipinski definition) is 0. The molecule has 86 valence electrons. The van der Waals surface area contributed by atoms with Crippen LogP contribution >= 0.6 is 9.24 Å². The molecule has 0 aromatic heterocycles. The van der Waals surface area contributed by atoms with Crippen LogP contribution in [0.15, 0.2) is 24.3 Å². The molecule has 0 aromatic carbocycles. The number of allylic oxidation sites excluding steroid dienone is 4. The van der Waals surface area contributed by atoms with E-state index in [4.69, 9.17) is 0 Å². The third-order valence-electron chi connectivity index (χ3n) is 2.99. The Morgan fingerprint density at radius 1 is 1.00 bits per heavy atom. The first-order valence-corrected chi connectivity index (χ1v) is 6.65. The van der Waals surface area contributed by atoms with Gasteiger partial charge in [-0.25, -0.2) is 0 Å². The Balaban J connectivity index is 2.75. The second-order valence-corrected chi connectivity index (χ2v) is 6.87. The lowest BCUT2D eigenvalue weighted by molar-refractivity contribution is 0.345. The molecule has 0 bridgehead atoms. The summed E-state index contributed by atoms with van der Waals surface area (Å²) in [5.74, 6) is 2.15. The summed E-state index contributed by atoms with van der Waals surface area (Å²) in [6.45, 7) is 9.28. The van der Waals surface area contributed by atoms with Crippen LogP contribution in [0.4, 0.5) is 0 Å². The molecule has 0 aromatic rings. The summed E-state index contributed by atoms with van der Waals surface area (Å²) >= 11 is 0. The quantitative estimate of drug-likeness (QED) is 0.606. The van der Waals surface area contributed by atoms with Crippen LogP contribution in [0.1, 0.15) is 40.5 Å². The van der Waals surface area contributed by atoms with E-state index in [1.54, 1.807) is 0 Å². The van der Waals surface area contributed by atoms with Gasteiger partial charge in [0.2, 0.25) is 0 Å². The minimum absolute atomic E-state index is 0.367. The lowest BCUT2D eigenvalue weighted by Crippen LogP contribution is -2.32. The molecule has 1 aliphatic carbocycles. The van der Waals surface area contributed by atoms with Gasteiger partial charge in [-0.2, -0.15) is 0 Å². The fourth-order valence-electron chi connectivity index (χ4n) is 2.69. The van der Waals surface area contributed by atoms with Crippen molar-refractivity contribution in [1.82, 2.24) is 0 Å². The summed E-state index contributed by atoms with van der Waals surface area (Å²) in [5.41, 5.74) is 0. The summed E-state index contributed by atoms with van der Waals surface area (Å²) in [6, 6.07) is 0. The van der Waals surface area contributed by atoms with Gasteiger partial charge in [-0.3, -0.25) is 0 Å². The van der Waals surface area contributed by atoms with Crippen molar-refractivity contribution >= 4 is 9.24 Å².